The molecule has 0 radical (unpaired) electrons. The average Bonchev–Trinajstić information content (AvgIpc) is 2.64. The monoisotopic (exact) mass is 342 g/mol. The van der Waals surface area contributed by atoms with Crippen LogP contribution in [0.25, 0.3) is 0 Å². The Balaban J connectivity index is 1.57. The first-order valence-electron chi connectivity index (χ1n) is 8.83. The summed E-state index contributed by atoms with van der Waals surface area (Å²) in [6.07, 6.45) is 8.04. The first-order chi connectivity index (χ1) is 12.2. The van der Waals surface area contributed by atoms with Crippen molar-refractivity contribution in [2.75, 3.05) is 11.9 Å². The minimum atomic E-state index is -0.313. The van der Waals surface area contributed by atoms with Gasteiger partial charge in [0.15, 0.2) is 11.6 Å². The fraction of sp³-hybridized carbons (Fsp3) is 0.400. The van der Waals surface area contributed by atoms with Gasteiger partial charge in [0.2, 0.25) is 5.91 Å². The molecule has 2 aromatic rings. The van der Waals surface area contributed by atoms with E-state index in [0.717, 1.165) is 5.56 Å². The van der Waals surface area contributed by atoms with Crippen LogP contribution in [0, 0.1) is 11.7 Å². The molecule has 0 saturated heterocycles. The Kier molecular flexibility index (Phi) is 5.99. The van der Waals surface area contributed by atoms with Crippen LogP contribution in [0.3, 0.4) is 0 Å². The highest BCUT2D eigenvalue weighted by Crippen LogP contribution is 2.27. The number of amides is 1. The number of nitrogens with zero attached hydrogens (tertiary/aromatic N) is 1. The molecular weight excluding hydrogens is 319 g/mol. The molecule has 1 aromatic carbocycles. The van der Waals surface area contributed by atoms with Crippen LogP contribution < -0.4 is 10.1 Å². The lowest BCUT2D eigenvalue weighted by Crippen LogP contribution is -2.18. The van der Waals surface area contributed by atoms with E-state index in [4.69, 9.17) is 4.74 Å². The molecular formula is C20H23FN2O2. The first-order valence-corrected chi connectivity index (χ1v) is 8.83. The predicted octanol–water partition coefficient (Wildman–Crippen LogP) is 4.36. The van der Waals surface area contributed by atoms with E-state index in [2.05, 4.69) is 10.3 Å². The Morgan fingerprint density at radius 3 is 2.68 bits per heavy atom. The van der Waals surface area contributed by atoms with Gasteiger partial charge in [-0.3, -0.25) is 4.79 Å². The SMILES string of the molecule is O=C(Cc1ccc(F)cc1)Nc1ncccc1OCC1CCCCC1. The van der Waals surface area contributed by atoms with Gasteiger partial charge in [-0.2, -0.15) is 0 Å². The van der Waals surface area contributed by atoms with Crippen molar-refractivity contribution >= 4 is 11.7 Å². The molecule has 0 atom stereocenters. The van der Waals surface area contributed by atoms with Gasteiger partial charge < -0.3 is 10.1 Å². The number of pyridine rings is 1. The zero-order valence-electron chi connectivity index (χ0n) is 14.2. The number of ether oxygens (including phenoxy) is 1. The van der Waals surface area contributed by atoms with E-state index in [-0.39, 0.29) is 18.1 Å². The largest absolute Gasteiger partial charge is 0.489 e. The number of carbonyl (C=O) groups excluding carboxylic acids is 1. The molecule has 4 nitrogen and oxygen atoms in total. The molecule has 3 rings (SSSR count). The summed E-state index contributed by atoms with van der Waals surface area (Å²) in [7, 11) is 0. The molecule has 0 spiro atoms. The summed E-state index contributed by atoms with van der Waals surface area (Å²) in [5, 5.41) is 2.79. The molecule has 1 N–H and O–H groups in total. The molecule has 1 heterocycles. The van der Waals surface area contributed by atoms with Crippen LogP contribution in [-0.2, 0) is 11.2 Å². The lowest BCUT2D eigenvalue weighted by atomic mass is 9.90. The van der Waals surface area contributed by atoms with E-state index in [0.29, 0.717) is 24.1 Å². The summed E-state index contributed by atoms with van der Waals surface area (Å²) >= 11 is 0. The molecule has 132 valence electrons. The van der Waals surface area contributed by atoms with Crippen molar-refractivity contribution in [3.8, 4) is 5.75 Å². The van der Waals surface area contributed by atoms with Crippen molar-refractivity contribution in [2.45, 2.75) is 38.5 Å². The van der Waals surface area contributed by atoms with Crippen molar-refractivity contribution in [3.63, 3.8) is 0 Å². The zero-order chi connectivity index (χ0) is 17.5. The van der Waals surface area contributed by atoms with Gasteiger partial charge in [-0.25, -0.2) is 9.37 Å². The molecule has 5 heteroatoms. The Hall–Kier alpha value is -2.43. The third-order valence-corrected chi connectivity index (χ3v) is 4.51. The molecule has 0 aliphatic heterocycles. The van der Waals surface area contributed by atoms with Crippen molar-refractivity contribution < 1.29 is 13.9 Å². The fourth-order valence-corrected chi connectivity index (χ4v) is 3.13. The number of carbonyl (C=O) groups is 1. The quantitative estimate of drug-likeness (QED) is 0.848. The van der Waals surface area contributed by atoms with Crippen molar-refractivity contribution in [2.24, 2.45) is 5.92 Å². The number of hydrogen-bond donors (Lipinski definition) is 1. The second-order valence-corrected chi connectivity index (χ2v) is 6.52. The molecule has 1 fully saturated rings. The normalized spacial score (nSPS) is 14.9. The Morgan fingerprint density at radius 2 is 1.92 bits per heavy atom. The molecule has 1 saturated carbocycles. The van der Waals surface area contributed by atoms with Crippen LogP contribution in [0.2, 0.25) is 0 Å². The van der Waals surface area contributed by atoms with Gasteiger partial charge in [-0.05, 0) is 48.6 Å². The lowest BCUT2D eigenvalue weighted by Gasteiger charge is -2.22. The summed E-state index contributed by atoms with van der Waals surface area (Å²) < 4.78 is 18.9. The third kappa shape index (κ3) is 5.28. The van der Waals surface area contributed by atoms with Crippen LogP contribution in [0.15, 0.2) is 42.6 Å². The molecule has 25 heavy (non-hydrogen) atoms. The summed E-state index contributed by atoms with van der Waals surface area (Å²) in [6, 6.07) is 9.53. The maximum Gasteiger partial charge on any atom is 0.230 e. The Morgan fingerprint density at radius 1 is 1.16 bits per heavy atom. The average molecular weight is 342 g/mol. The van der Waals surface area contributed by atoms with Crippen LogP contribution in [0.5, 0.6) is 5.75 Å². The summed E-state index contributed by atoms with van der Waals surface area (Å²) in [5.41, 5.74) is 0.750. The van der Waals surface area contributed by atoms with Gasteiger partial charge in [0.1, 0.15) is 5.82 Å². The third-order valence-electron chi connectivity index (χ3n) is 4.51. The van der Waals surface area contributed by atoms with Crippen molar-refractivity contribution in [1.82, 2.24) is 4.98 Å². The van der Waals surface area contributed by atoms with Gasteiger partial charge in [0, 0.05) is 6.20 Å². The predicted molar refractivity (Wildman–Crippen MR) is 95.0 cm³/mol. The Labute approximate surface area is 147 Å². The maximum atomic E-state index is 12.9. The van der Waals surface area contributed by atoms with Gasteiger partial charge in [-0.15, -0.1) is 0 Å². The molecule has 1 aliphatic carbocycles. The van der Waals surface area contributed by atoms with Gasteiger partial charge >= 0.3 is 0 Å². The number of halogens is 1. The number of nitrogens with one attached hydrogen (secondary N) is 1. The fourth-order valence-electron chi connectivity index (χ4n) is 3.13. The highest BCUT2D eigenvalue weighted by atomic mass is 19.1. The highest BCUT2D eigenvalue weighted by molar-refractivity contribution is 5.92. The first kappa shape index (κ1) is 17.4. The minimum absolute atomic E-state index is 0.166. The minimum Gasteiger partial charge on any atom is -0.489 e. The van der Waals surface area contributed by atoms with Gasteiger partial charge in [0.05, 0.1) is 13.0 Å². The molecule has 1 aliphatic rings. The molecule has 1 aromatic heterocycles. The van der Waals surface area contributed by atoms with E-state index >= 15 is 0 Å². The van der Waals surface area contributed by atoms with Crippen molar-refractivity contribution in [1.29, 1.82) is 0 Å². The topological polar surface area (TPSA) is 51.2 Å². The number of anilines is 1. The molecule has 1 amide bonds. The second-order valence-electron chi connectivity index (χ2n) is 6.52. The number of benzene rings is 1. The standard InChI is InChI=1S/C20H23FN2O2/c21-17-10-8-15(9-11-17)13-19(24)23-20-18(7-4-12-22-20)25-14-16-5-2-1-3-6-16/h4,7-12,16H,1-3,5-6,13-14H2,(H,22,23,24). The second kappa shape index (κ2) is 8.60. The molecule has 0 bridgehead atoms. The number of aromatic nitrogens is 1. The smallest absolute Gasteiger partial charge is 0.230 e. The van der Waals surface area contributed by atoms with E-state index in [1.165, 1.54) is 44.2 Å². The lowest BCUT2D eigenvalue weighted by molar-refractivity contribution is -0.115. The number of rotatable bonds is 6. The summed E-state index contributed by atoms with van der Waals surface area (Å²) in [4.78, 5) is 16.4. The summed E-state index contributed by atoms with van der Waals surface area (Å²) in [5.74, 6) is 1.10. The highest BCUT2D eigenvalue weighted by Gasteiger charge is 2.16. The summed E-state index contributed by atoms with van der Waals surface area (Å²) in [6.45, 7) is 0.659. The van der Waals surface area contributed by atoms with Gasteiger partial charge in [-0.1, -0.05) is 31.4 Å². The maximum absolute atomic E-state index is 12.9. The van der Waals surface area contributed by atoms with Crippen LogP contribution in [0.4, 0.5) is 10.2 Å². The van der Waals surface area contributed by atoms with Gasteiger partial charge in [0.25, 0.3) is 0 Å². The van der Waals surface area contributed by atoms with E-state index in [1.54, 1.807) is 24.4 Å². The van der Waals surface area contributed by atoms with E-state index < -0.39 is 0 Å². The Bertz CT molecular complexity index is 697. The van der Waals surface area contributed by atoms with Crippen LogP contribution in [-0.4, -0.2) is 17.5 Å². The van der Waals surface area contributed by atoms with E-state index in [1.807, 2.05) is 6.07 Å². The molecule has 0 unspecified atom stereocenters. The van der Waals surface area contributed by atoms with Crippen molar-refractivity contribution in [3.05, 3.63) is 54.0 Å². The number of hydrogen-bond acceptors (Lipinski definition) is 3. The van der Waals surface area contributed by atoms with Crippen LogP contribution >= 0.6 is 0 Å². The zero-order valence-corrected chi connectivity index (χ0v) is 14.2. The van der Waals surface area contributed by atoms with E-state index in [9.17, 15) is 9.18 Å². The van der Waals surface area contributed by atoms with Crippen LogP contribution in [0.1, 0.15) is 37.7 Å².